The molecule has 2 nitrogen and oxygen atoms in total. The Kier molecular flexibility index (Phi) is 3.20. The maximum Gasteiger partial charge on any atom is 0.0708 e. The highest BCUT2D eigenvalue weighted by molar-refractivity contribution is 4.95. The lowest BCUT2D eigenvalue weighted by Gasteiger charge is -2.29. The minimum absolute atomic E-state index is 0.308. The fraction of sp³-hybridized carbons (Fsp3) is 1.00. The van der Waals surface area contributed by atoms with E-state index in [1.165, 1.54) is 64.2 Å². The largest absolute Gasteiger partial charge is 0.370 e. The molecule has 0 bridgehead atoms. The van der Waals surface area contributed by atoms with E-state index in [1.807, 2.05) is 0 Å². The molecule has 1 N–H and O–H groups in total. The van der Waals surface area contributed by atoms with E-state index in [9.17, 15) is 0 Å². The van der Waals surface area contributed by atoms with E-state index in [4.69, 9.17) is 4.74 Å². The van der Waals surface area contributed by atoms with Crippen molar-refractivity contribution >= 4 is 0 Å². The van der Waals surface area contributed by atoms with Crippen molar-refractivity contribution in [2.75, 3.05) is 6.54 Å². The van der Waals surface area contributed by atoms with Gasteiger partial charge in [-0.2, -0.15) is 0 Å². The standard InChI is InChI=1S/C15H27NO/c1-14(7-2-3-8-14)16-12-13-6-11-15(17-13)9-4-5-10-15/h13,16H,2-12H2,1H3. The Morgan fingerprint density at radius 2 is 1.65 bits per heavy atom. The molecule has 3 fully saturated rings. The summed E-state index contributed by atoms with van der Waals surface area (Å²) in [4.78, 5) is 0. The maximum atomic E-state index is 6.35. The topological polar surface area (TPSA) is 21.3 Å². The Bertz CT molecular complexity index is 264. The first kappa shape index (κ1) is 12.0. The van der Waals surface area contributed by atoms with Crippen LogP contribution in [0.5, 0.6) is 0 Å². The van der Waals surface area contributed by atoms with Crippen LogP contribution in [0.25, 0.3) is 0 Å². The Morgan fingerprint density at radius 3 is 2.35 bits per heavy atom. The van der Waals surface area contributed by atoms with Crippen molar-refractivity contribution < 1.29 is 4.74 Å². The molecule has 1 saturated heterocycles. The lowest BCUT2D eigenvalue weighted by atomic mass is 9.98. The molecule has 98 valence electrons. The van der Waals surface area contributed by atoms with Crippen molar-refractivity contribution in [1.29, 1.82) is 0 Å². The molecule has 0 aromatic rings. The Hall–Kier alpha value is -0.0800. The van der Waals surface area contributed by atoms with Crippen LogP contribution in [-0.2, 0) is 4.74 Å². The van der Waals surface area contributed by atoms with Gasteiger partial charge in [0.15, 0.2) is 0 Å². The molecule has 3 rings (SSSR count). The van der Waals surface area contributed by atoms with Crippen LogP contribution in [0.15, 0.2) is 0 Å². The van der Waals surface area contributed by atoms with Crippen LogP contribution in [0, 0.1) is 0 Å². The summed E-state index contributed by atoms with van der Waals surface area (Å²) in [6, 6.07) is 0. The maximum absolute atomic E-state index is 6.35. The van der Waals surface area contributed by atoms with E-state index in [0.717, 1.165) is 6.54 Å². The third-order valence-electron chi connectivity index (χ3n) is 5.32. The molecule has 2 aliphatic carbocycles. The van der Waals surface area contributed by atoms with Crippen molar-refractivity contribution in [2.24, 2.45) is 0 Å². The first-order chi connectivity index (χ1) is 8.20. The molecule has 2 saturated carbocycles. The predicted octanol–water partition coefficient (Wildman–Crippen LogP) is 3.40. The van der Waals surface area contributed by atoms with Gasteiger partial charge in [-0.15, -0.1) is 0 Å². The quantitative estimate of drug-likeness (QED) is 0.812. The summed E-state index contributed by atoms with van der Waals surface area (Å²) in [6.45, 7) is 3.47. The van der Waals surface area contributed by atoms with Gasteiger partial charge in [0.05, 0.1) is 11.7 Å². The van der Waals surface area contributed by atoms with E-state index in [0.29, 0.717) is 17.2 Å². The van der Waals surface area contributed by atoms with Gasteiger partial charge in [-0.3, -0.25) is 0 Å². The van der Waals surface area contributed by atoms with Gasteiger partial charge in [-0.1, -0.05) is 25.7 Å². The molecule has 3 aliphatic rings. The van der Waals surface area contributed by atoms with Gasteiger partial charge in [0.25, 0.3) is 0 Å². The molecule has 2 heteroatoms. The minimum atomic E-state index is 0.308. The second-order valence-electron chi connectivity index (χ2n) is 6.82. The van der Waals surface area contributed by atoms with Crippen LogP contribution in [0.1, 0.15) is 71.1 Å². The molecule has 17 heavy (non-hydrogen) atoms. The second kappa shape index (κ2) is 4.55. The lowest BCUT2D eigenvalue weighted by molar-refractivity contribution is -0.0372. The van der Waals surface area contributed by atoms with Crippen LogP contribution in [0.2, 0.25) is 0 Å². The van der Waals surface area contributed by atoms with Crippen LogP contribution < -0.4 is 5.32 Å². The van der Waals surface area contributed by atoms with Gasteiger partial charge in [-0.05, 0) is 45.4 Å². The monoisotopic (exact) mass is 237 g/mol. The highest BCUT2D eigenvalue weighted by Crippen LogP contribution is 2.43. The van der Waals surface area contributed by atoms with Crippen molar-refractivity contribution in [3.8, 4) is 0 Å². The van der Waals surface area contributed by atoms with E-state index in [2.05, 4.69) is 12.2 Å². The van der Waals surface area contributed by atoms with Crippen LogP contribution in [0.3, 0.4) is 0 Å². The van der Waals surface area contributed by atoms with Crippen molar-refractivity contribution in [1.82, 2.24) is 5.32 Å². The van der Waals surface area contributed by atoms with Gasteiger partial charge in [0, 0.05) is 12.1 Å². The summed E-state index contributed by atoms with van der Waals surface area (Å²) in [6.07, 6.45) is 14.0. The highest BCUT2D eigenvalue weighted by Gasteiger charge is 2.42. The molecular weight excluding hydrogens is 210 g/mol. The third kappa shape index (κ3) is 2.53. The number of nitrogens with one attached hydrogen (secondary N) is 1. The molecule has 1 atom stereocenters. The molecular formula is C15H27NO. The zero-order chi connectivity index (χ0) is 11.8. The van der Waals surface area contributed by atoms with Crippen molar-refractivity contribution in [2.45, 2.75) is 88.4 Å². The third-order valence-corrected chi connectivity index (χ3v) is 5.32. The smallest absolute Gasteiger partial charge is 0.0708 e. The van der Waals surface area contributed by atoms with E-state index < -0.39 is 0 Å². The Morgan fingerprint density at radius 1 is 1.00 bits per heavy atom. The number of ether oxygens (including phenoxy) is 1. The van der Waals surface area contributed by atoms with Gasteiger partial charge in [0.2, 0.25) is 0 Å². The summed E-state index contributed by atoms with van der Waals surface area (Å²) in [5.41, 5.74) is 0.720. The molecule has 1 heterocycles. The minimum Gasteiger partial charge on any atom is -0.370 e. The molecule has 1 aliphatic heterocycles. The average molecular weight is 237 g/mol. The fourth-order valence-corrected chi connectivity index (χ4v) is 4.12. The first-order valence-corrected chi connectivity index (χ1v) is 7.63. The average Bonchev–Trinajstić information content (AvgIpc) is 3.01. The molecule has 1 unspecified atom stereocenters. The van der Waals surface area contributed by atoms with Crippen LogP contribution >= 0.6 is 0 Å². The van der Waals surface area contributed by atoms with Gasteiger partial charge in [-0.25, -0.2) is 0 Å². The highest BCUT2D eigenvalue weighted by atomic mass is 16.5. The van der Waals surface area contributed by atoms with Gasteiger partial charge < -0.3 is 10.1 Å². The summed E-state index contributed by atoms with van der Waals surface area (Å²) in [7, 11) is 0. The zero-order valence-electron chi connectivity index (χ0n) is 11.3. The van der Waals surface area contributed by atoms with Crippen molar-refractivity contribution in [3.63, 3.8) is 0 Å². The SMILES string of the molecule is CC1(NCC2CCC3(CCCC3)O2)CCCC1. The normalized spacial score (nSPS) is 34.8. The predicted molar refractivity (Wildman–Crippen MR) is 70.2 cm³/mol. The van der Waals surface area contributed by atoms with E-state index in [1.54, 1.807) is 0 Å². The Labute approximate surface area is 105 Å². The molecule has 0 aromatic heterocycles. The second-order valence-corrected chi connectivity index (χ2v) is 6.82. The van der Waals surface area contributed by atoms with Crippen molar-refractivity contribution in [3.05, 3.63) is 0 Å². The van der Waals surface area contributed by atoms with Gasteiger partial charge >= 0.3 is 0 Å². The molecule has 0 amide bonds. The fourth-order valence-electron chi connectivity index (χ4n) is 4.12. The number of hydrogen-bond acceptors (Lipinski definition) is 2. The zero-order valence-corrected chi connectivity index (χ0v) is 11.3. The van der Waals surface area contributed by atoms with Crippen LogP contribution in [-0.4, -0.2) is 23.8 Å². The first-order valence-electron chi connectivity index (χ1n) is 7.63. The van der Waals surface area contributed by atoms with E-state index in [-0.39, 0.29) is 0 Å². The Balaban J connectivity index is 1.47. The van der Waals surface area contributed by atoms with Gasteiger partial charge in [0.1, 0.15) is 0 Å². The molecule has 0 aromatic carbocycles. The molecule has 0 radical (unpaired) electrons. The summed E-state index contributed by atoms with van der Waals surface area (Å²) < 4.78 is 6.35. The van der Waals surface area contributed by atoms with Crippen LogP contribution in [0.4, 0.5) is 0 Å². The summed E-state index contributed by atoms with van der Waals surface area (Å²) >= 11 is 0. The van der Waals surface area contributed by atoms with E-state index >= 15 is 0 Å². The summed E-state index contributed by atoms with van der Waals surface area (Å²) in [5, 5.41) is 3.78. The number of hydrogen-bond donors (Lipinski definition) is 1. The number of rotatable bonds is 3. The lowest BCUT2D eigenvalue weighted by Crippen LogP contribution is -2.44. The summed E-state index contributed by atoms with van der Waals surface area (Å²) in [5.74, 6) is 0. The molecule has 1 spiro atoms.